The third-order valence-corrected chi connectivity index (χ3v) is 10.1. The van der Waals surface area contributed by atoms with Crippen LogP contribution >= 0.6 is 15.6 Å². The Morgan fingerprint density at radius 3 is 2.62 bits per heavy atom. The standard InChI is InChI=1S/C26H28N8O9P2/c1-27-26-30-23-22(25(36)31-26)32(13-18-7-9-20(29-24(18)35)17-5-3-2-4-6-17)16-34(23)21-10-8-19(42-21)14-41-45(39,40)43-44(37,38)33-12-11-28-15-33/h2-7,9,11-12,15-16,19,21H,8,10,13-14H2,1H3,(H4-,27,29,30,31,35,36,37,38,39,40)/p+1. The lowest BCUT2D eigenvalue weighted by Crippen LogP contribution is -2.39. The Labute approximate surface area is 254 Å². The molecule has 1 aliphatic heterocycles. The molecule has 5 N–H and O–H groups in total. The van der Waals surface area contributed by atoms with E-state index in [2.05, 4.69) is 29.6 Å². The van der Waals surface area contributed by atoms with Gasteiger partial charge >= 0.3 is 21.1 Å². The van der Waals surface area contributed by atoms with Crippen LogP contribution < -0.4 is 21.0 Å². The van der Waals surface area contributed by atoms with Gasteiger partial charge in [0.1, 0.15) is 12.9 Å². The number of H-pyrrole nitrogens is 2. The van der Waals surface area contributed by atoms with Crippen LogP contribution in [-0.4, -0.2) is 58.4 Å². The lowest BCUT2D eigenvalue weighted by Gasteiger charge is -2.18. The maximum Gasteiger partial charge on any atom is 0.480 e. The van der Waals surface area contributed by atoms with Gasteiger partial charge in [0.2, 0.25) is 18.5 Å². The van der Waals surface area contributed by atoms with Crippen LogP contribution in [0.15, 0.2) is 77.1 Å². The zero-order valence-corrected chi connectivity index (χ0v) is 25.5. The van der Waals surface area contributed by atoms with Crippen LogP contribution in [-0.2, 0) is 29.2 Å². The molecule has 6 rings (SSSR count). The molecular formula is C26H29N8O9P2+. The number of phosphoric ester groups is 1. The van der Waals surface area contributed by atoms with Crippen molar-refractivity contribution < 1.29 is 37.1 Å². The zero-order valence-electron chi connectivity index (χ0n) is 23.7. The molecule has 0 aliphatic carbocycles. The van der Waals surface area contributed by atoms with Crippen LogP contribution in [0.2, 0.25) is 0 Å². The van der Waals surface area contributed by atoms with E-state index in [-0.39, 0.29) is 29.2 Å². The van der Waals surface area contributed by atoms with Gasteiger partial charge in [-0.25, -0.2) is 23.0 Å². The van der Waals surface area contributed by atoms with Crippen molar-refractivity contribution in [2.75, 3.05) is 19.0 Å². The van der Waals surface area contributed by atoms with E-state index < -0.39 is 40.1 Å². The molecule has 0 saturated carbocycles. The minimum Gasteiger partial charge on any atom is -0.359 e. The summed E-state index contributed by atoms with van der Waals surface area (Å²) < 4.78 is 44.2. The molecule has 4 atom stereocenters. The van der Waals surface area contributed by atoms with Crippen LogP contribution in [0, 0.1) is 0 Å². The molecule has 0 amide bonds. The van der Waals surface area contributed by atoms with Crippen LogP contribution in [0.1, 0.15) is 24.6 Å². The monoisotopic (exact) mass is 659 g/mol. The van der Waals surface area contributed by atoms with E-state index in [0.717, 1.165) is 18.1 Å². The van der Waals surface area contributed by atoms with Crippen molar-refractivity contribution in [2.45, 2.75) is 31.7 Å². The first kappa shape index (κ1) is 30.8. The average molecular weight is 660 g/mol. The van der Waals surface area contributed by atoms with Crippen molar-refractivity contribution in [3.05, 3.63) is 93.8 Å². The molecule has 19 heteroatoms. The zero-order chi connectivity index (χ0) is 31.8. The molecule has 0 spiro atoms. The largest absolute Gasteiger partial charge is 0.480 e. The summed E-state index contributed by atoms with van der Waals surface area (Å²) in [5.74, 6) is 0.214. The van der Waals surface area contributed by atoms with Gasteiger partial charge in [0.05, 0.1) is 18.3 Å². The van der Waals surface area contributed by atoms with Gasteiger partial charge in [-0.05, 0) is 24.1 Å². The van der Waals surface area contributed by atoms with Gasteiger partial charge in [-0.15, -0.1) is 0 Å². The second kappa shape index (κ2) is 12.3. The molecule has 236 valence electrons. The van der Waals surface area contributed by atoms with E-state index in [1.165, 1.54) is 6.20 Å². The molecule has 5 heterocycles. The first-order chi connectivity index (χ1) is 21.5. The molecule has 4 aromatic heterocycles. The molecule has 17 nitrogen and oxygen atoms in total. The summed E-state index contributed by atoms with van der Waals surface area (Å²) in [5.41, 5.74) is 1.65. The minimum absolute atomic E-state index is 0.0555. The number of ether oxygens (including phenoxy) is 1. The highest BCUT2D eigenvalue weighted by molar-refractivity contribution is 7.63. The fraction of sp³-hybridized carbons (Fsp3) is 0.269. The average Bonchev–Trinajstić information content (AvgIpc) is 3.78. The quantitative estimate of drug-likeness (QED) is 0.102. The number of rotatable bonds is 11. The maximum absolute atomic E-state index is 13.2. The summed E-state index contributed by atoms with van der Waals surface area (Å²) in [5, 5.41) is 2.82. The van der Waals surface area contributed by atoms with Gasteiger partial charge in [-0.1, -0.05) is 30.3 Å². The molecular weight excluding hydrogens is 630 g/mol. The molecule has 1 aliphatic rings. The highest BCUT2D eigenvalue weighted by atomic mass is 31.3. The summed E-state index contributed by atoms with van der Waals surface area (Å²) in [6, 6.07) is 12.9. The van der Waals surface area contributed by atoms with Crippen molar-refractivity contribution in [2.24, 2.45) is 0 Å². The van der Waals surface area contributed by atoms with Crippen LogP contribution in [0.3, 0.4) is 0 Å². The van der Waals surface area contributed by atoms with Crippen molar-refractivity contribution in [1.82, 2.24) is 28.8 Å². The van der Waals surface area contributed by atoms with E-state index in [9.17, 15) is 28.5 Å². The van der Waals surface area contributed by atoms with Crippen LogP contribution in [0.5, 0.6) is 0 Å². The molecule has 0 radical (unpaired) electrons. The predicted octanol–water partition coefficient (Wildman–Crippen LogP) is 2.11. The molecule has 5 aromatic rings. The molecule has 1 saturated heterocycles. The number of anilines is 1. The fourth-order valence-corrected chi connectivity index (χ4v) is 7.37. The van der Waals surface area contributed by atoms with E-state index >= 15 is 0 Å². The molecule has 1 aromatic carbocycles. The number of nitrogens with zero attached hydrogens (tertiary/aromatic N) is 5. The molecule has 1 fully saturated rings. The van der Waals surface area contributed by atoms with E-state index in [4.69, 9.17) is 9.26 Å². The Morgan fingerprint density at radius 1 is 1.11 bits per heavy atom. The Kier molecular flexibility index (Phi) is 8.41. The smallest absolute Gasteiger partial charge is 0.359 e. The normalized spacial score (nSPS) is 19.4. The summed E-state index contributed by atoms with van der Waals surface area (Å²) in [6.07, 6.45) is 4.34. The van der Waals surface area contributed by atoms with Gasteiger partial charge in [-0.2, -0.15) is 13.9 Å². The van der Waals surface area contributed by atoms with Crippen LogP contribution in [0.4, 0.5) is 5.95 Å². The number of pyridine rings is 1. The number of phosphoric acid groups is 1. The SMILES string of the molecule is CNc1nc2c(c(=O)[nH]1)[n+](Cc1ccc(-c3ccccc3)[nH]c1=O)cn2C1CCC(COP(=O)(O)OP(=O)(O)n2ccnc2)O1. The molecule has 45 heavy (non-hydrogen) atoms. The van der Waals surface area contributed by atoms with Gasteiger partial charge in [-0.3, -0.25) is 19.1 Å². The Morgan fingerprint density at radius 2 is 1.91 bits per heavy atom. The van der Waals surface area contributed by atoms with E-state index in [1.807, 2.05) is 30.3 Å². The van der Waals surface area contributed by atoms with Crippen LogP contribution in [0.25, 0.3) is 22.4 Å². The number of aromatic nitrogens is 7. The number of nitrogens with one attached hydrogen (secondary N) is 3. The second-order valence-corrected chi connectivity index (χ2v) is 13.4. The number of hydrogen-bond donors (Lipinski definition) is 5. The highest BCUT2D eigenvalue weighted by Crippen LogP contribution is 2.60. The third kappa shape index (κ3) is 6.60. The number of imidazole rings is 2. The fourth-order valence-electron chi connectivity index (χ4n) is 5.00. The lowest BCUT2D eigenvalue weighted by molar-refractivity contribution is -0.664. The lowest BCUT2D eigenvalue weighted by atomic mass is 10.1. The second-order valence-electron chi connectivity index (χ2n) is 10.1. The first-order valence-corrected chi connectivity index (χ1v) is 16.7. The number of hydrogen-bond acceptors (Lipinski definition) is 10. The molecule has 0 bridgehead atoms. The maximum atomic E-state index is 13.2. The van der Waals surface area contributed by atoms with Gasteiger partial charge < -0.3 is 24.8 Å². The Balaban J connectivity index is 1.22. The Hall–Kier alpha value is -4.21. The van der Waals surface area contributed by atoms with Crippen molar-refractivity contribution in [3.63, 3.8) is 0 Å². The number of fused-ring (bicyclic) bond motifs is 1. The summed E-state index contributed by atoms with van der Waals surface area (Å²) >= 11 is 0. The minimum atomic E-state index is -4.97. The van der Waals surface area contributed by atoms with E-state index in [0.29, 0.717) is 28.4 Å². The summed E-state index contributed by atoms with van der Waals surface area (Å²) in [4.78, 5) is 60.0. The summed E-state index contributed by atoms with van der Waals surface area (Å²) in [7, 11) is -8.10. The van der Waals surface area contributed by atoms with Gasteiger partial charge in [0, 0.05) is 31.6 Å². The molecule has 4 unspecified atom stereocenters. The number of benzene rings is 1. The van der Waals surface area contributed by atoms with Crippen molar-refractivity contribution in [1.29, 1.82) is 0 Å². The first-order valence-electron chi connectivity index (χ1n) is 13.7. The topological polar surface area (TPSA) is 220 Å². The van der Waals surface area contributed by atoms with Crippen molar-refractivity contribution >= 4 is 32.7 Å². The third-order valence-electron chi connectivity index (χ3n) is 7.14. The number of aromatic amines is 2. The highest BCUT2D eigenvalue weighted by Gasteiger charge is 2.39. The van der Waals surface area contributed by atoms with Crippen molar-refractivity contribution in [3.8, 4) is 11.3 Å². The van der Waals surface area contributed by atoms with Gasteiger partial charge in [0.15, 0.2) is 0 Å². The Bertz CT molecular complexity index is 2040. The van der Waals surface area contributed by atoms with Gasteiger partial charge in [0.25, 0.3) is 16.7 Å². The predicted molar refractivity (Wildman–Crippen MR) is 159 cm³/mol. The van der Waals surface area contributed by atoms with E-state index in [1.54, 1.807) is 34.6 Å². The summed E-state index contributed by atoms with van der Waals surface area (Å²) in [6.45, 7) is -0.369.